The van der Waals surface area contributed by atoms with Crippen molar-refractivity contribution in [2.24, 2.45) is 0 Å². The maximum Gasteiger partial charge on any atom is 0.453 e. The zero-order valence-electron chi connectivity index (χ0n) is 3.15. The Balaban J connectivity index is 3.13. The highest BCUT2D eigenvalue weighted by molar-refractivity contribution is 6.20. The van der Waals surface area contributed by atoms with E-state index in [2.05, 4.69) is 11.6 Å². The largest absolute Gasteiger partial charge is 0.453 e. The van der Waals surface area contributed by atoms with E-state index in [-0.39, 0.29) is 0 Å². The summed E-state index contributed by atoms with van der Waals surface area (Å²) in [7, 11) is 0. The number of carbonyl (C=O) groups is 1. The van der Waals surface area contributed by atoms with Crippen molar-refractivity contribution in [2.75, 3.05) is 0 Å². The van der Waals surface area contributed by atoms with E-state index in [4.69, 9.17) is 0 Å². The average Bonchev–Trinajstić information content (AvgIpc) is 1.27. The van der Waals surface area contributed by atoms with Gasteiger partial charge in [-0.1, -0.05) is 11.6 Å². The summed E-state index contributed by atoms with van der Waals surface area (Å²) in [5, 5.41) is 10.5. The van der Waals surface area contributed by atoms with Gasteiger partial charge in [0.2, 0.25) is 0 Å². The third-order valence-electron chi connectivity index (χ3n) is 0.227. The number of alkyl halides is 2. The molecule has 0 aromatic carbocycles. The van der Waals surface area contributed by atoms with E-state index >= 15 is 0 Å². The first kappa shape index (κ1) is 6.49. The number of hydrogen-bond donors (Lipinski definition) is 1. The van der Waals surface area contributed by atoms with Crippen LogP contribution in [0.5, 0.6) is 0 Å². The van der Waals surface area contributed by atoms with Crippen LogP contribution in [-0.4, -0.2) is 11.8 Å². The Morgan fingerprint density at radius 1 is 1.86 bits per heavy atom. The average molecular weight is 126 g/mol. The summed E-state index contributed by atoms with van der Waals surface area (Å²) in [6.45, 7) is 0. The molecule has 1 radical (unpaired) electrons. The molecule has 0 aliphatic rings. The lowest BCUT2D eigenvalue weighted by atomic mass is 11.1. The predicted octanol–water partition coefficient (Wildman–Crippen LogP) is 0.618. The van der Waals surface area contributed by atoms with E-state index in [0.29, 0.717) is 0 Å². The molecule has 1 N–H and O–H groups in total. The fourth-order valence-electron chi connectivity index (χ4n) is 0.0891. The summed E-state index contributed by atoms with van der Waals surface area (Å²) >= 11 is 4.47. The molecule has 0 fully saturated rings. The number of nitrogens with one attached hydrogen (secondary N) is 1. The van der Waals surface area contributed by atoms with Crippen LogP contribution in [0.1, 0.15) is 0 Å². The van der Waals surface area contributed by atoms with Gasteiger partial charge in [0.1, 0.15) is 0 Å². The Labute approximate surface area is 44.1 Å². The number of rotatable bonds is 1. The maximum atomic E-state index is 11.2. The van der Waals surface area contributed by atoms with Gasteiger partial charge in [-0.2, -0.15) is 0 Å². The van der Waals surface area contributed by atoms with Crippen LogP contribution in [0.25, 0.3) is 0 Å². The summed E-state index contributed by atoms with van der Waals surface area (Å²) in [5.41, 5.74) is 0. The fraction of sp³-hybridized carbons (Fsp3) is 0.500. The second kappa shape index (κ2) is 2.63. The van der Waals surface area contributed by atoms with Crippen molar-refractivity contribution in [1.82, 2.24) is 5.32 Å². The summed E-state index contributed by atoms with van der Waals surface area (Å²) in [6.07, 6.45) is -1.72. The van der Waals surface area contributed by atoms with Gasteiger partial charge in [0.15, 0.2) is 0 Å². The zero-order chi connectivity index (χ0) is 5.86. The van der Waals surface area contributed by atoms with E-state index in [9.17, 15) is 14.3 Å². The topological polar surface area (TPSA) is 49.0 Å². The van der Waals surface area contributed by atoms with E-state index in [0.717, 1.165) is 0 Å². The Hall–Kier alpha value is -0.510. The quantitative estimate of drug-likeness (QED) is 0.406. The molecule has 5 heteroatoms. The van der Waals surface area contributed by atoms with Crippen molar-refractivity contribution >= 4 is 17.7 Å². The van der Waals surface area contributed by atoms with Crippen LogP contribution in [-0.2, 0) is 5.11 Å². The van der Waals surface area contributed by atoms with Crippen LogP contribution < -0.4 is 5.32 Å². The highest BCUT2D eigenvalue weighted by Crippen LogP contribution is 1.88. The van der Waals surface area contributed by atoms with Crippen molar-refractivity contribution in [3.63, 3.8) is 0 Å². The molecule has 0 saturated heterocycles. The molecule has 0 rings (SSSR count). The third-order valence-corrected chi connectivity index (χ3v) is 0.336. The van der Waals surface area contributed by atoms with Crippen LogP contribution in [0.15, 0.2) is 0 Å². The third kappa shape index (κ3) is 5.49. The number of hydrogen-bond acceptors (Lipinski definition) is 1. The van der Waals surface area contributed by atoms with Gasteiger partial charge in [0, 0.05) is 0 Å². The molecule has 7 heavy (non-hydrogen) atoms. The molecule has 0 saturated carbocycles. The summed E-state index contributed by atoms with van der Waals surface area (Å²) < 4.78 is 11.2. The van der Waals surface area contributed by atoms with Gasteiger partial charge in [-0.25, -0.2) is 14.3 Å². The molecule has 0 aromatic rings. The molecule has 0 aliphatic carbocycles. The lowest BCUT2D eigenvalue weighted by Gasteiger charge is -1.91. The summed E-state index contributed by atoms with van der Waals surface area (Å²) in [5.74, 6) is -2.06. The predicted molar refractivity (Wildman–Crippen MR) is 20.0 cm³/mol. The van der Waals surface area contributed by atoms with Crippen molar-refractivity contribution in [2.45, 2.75) is 5.75 Å². The molecular weight excluding hydrogens is 124 g/mol. The molecule has 0 aromatic heterocycles. The highest BCUT2D eigenvalue weighted by Gasteiger charge is 2.03. The molecule has 0 aliphatic heterocycles. The lowest BCUT2D eigenvalue weighted by Crippen LogP contribution is -2.24. The Kier molecular flexibility index (Phi) is 2.44. The fourth-order valence-corrected chi connectivity index (χ4v) is 0.178. The smallest absolute Gasteiger partial charge is 0.275 e. The van der Waals surface area contributed by atoms with Crippen LogP contribution in [0.3, 0.4) is 0 Å². The van der Waals surface area contributed by atoms with Crippen LogP contribution in [0, 0.1) is 0 Å². The van der Waals surface area contributed by atoms with Gasteiger partial charge >= 0.3 is 6.09 Å². The molecule has 3 nitrogen and oxygen atoms in total. The van der Waals surface area contributed by atoms with E-state index in [1.165, 1.54) is 5.32 Å². The van der Waals surface area contributed by atoms with Crippen molar-refractivity contribution in [3.05, 3.63) is 0 Å². The van der Waals surface area contributed by atoms with Gasteiger partial charge in [-0.15, -0.1) is 0 Å². The Bertz CT molecular complexity index is 76.1. The molecule has 41 valence electrons. The standard InChI is InChI=1S/C2H2ClFNO2/c3-1(4)5-2(6)7/h1,5H. The van der Waals surface area contributed by atoms with Crippen molar-refractivity contribution in [1.29, 1.82) is 0 Å². The molecule has 1 amide bonds. The highest BCUT2D eigenvalue weighted by atomic mass is 35.5. The molecular formula is C2H2ClFNO2. The van der Waals surface area contributed by atoms with E-state index < -0.39 is 11.8 Å². The number of carbonyl (C=O) groups excluding carboxylic acids is 1. The van der Waals surface area contributed by atoms with E-state index in [1.54, 1.807) is 0 Å². The molecule has 0 heterocycles. The SMILES string of the molecule is [O]C(=O)NC(F)Cl. The first-order chi connectivity index (χ1) is 3.13. The molecule has 0 bridgehead atoms. The van der Waals surface area contributed by atoms with E-state index in [1.807, 2.05) is 0 Å². The maximum absolute atomic E-state index is 11.2. The molecule has 1 unspecified atom stereocenters. The van der Waals surface area contributed by atoms with Gasteiger partial charge in [-0.05, 0) is 0 Å². The second-order valence-corrected chi connectivity index (χ2v) is 1.12. The van der Waals surface area contributed by atoms with Crippen LogP contribution >= 0.6 is 11.6 Å². The van der Waals surface area contributed by atoms with Gasteiger partial charge in [0.25, 0.3) is 5.75 Å². The monoisotopic (exact) mass is 126 g/mol. The second-order valence-electron chi connectivity index (χ2n) is 0.732. The minimum absolute atomic E-state index is 1.21. The molecule has 1 atom stereocenters. The minimum Gasteiger partial charge on any atom is -0.275 e. The number of amides is 1. The first-order valence-electron chi connectivity index (χ1n) is 1.38. The molecule has 0 spiro atoms. The minimum atomic E-state index is -2.06. The van der Waals surface area contributed by atoms with Gasteiger partial charge in [-0.3, -0.25) is 5.32 Å². The van der Waals surface area contributed by atoms with Crippen molar-refractivity contribution < 1.29 is 14.3 Å². The lowest BCUT2D eigenvalue weighted by molar-refractivity contribution is 0.160. The summed E-state index contributed by atoms with van der Waals surface area (Å²) in [6, 6.07) is 0. The van der Waals surface area contributed by atoms with Crippen LogP contribution in [0.2, 0.25) is 0 Å². The Morgan fingerprint density at radius 3 is 2.29 bits per heavy atom. The summed E-state index contributed by atoms with van der Waals surface area (Å²) in [4.78, 5) is 9.26. The van der Waals surface area contributed by atoms with Crippen LogP contribution in [0.4, 0.5) is 9.18 Å². The first-order valence-corrected chi connectivity index (χ1v) is 1.82. The Morgan fingerprint density at radius 2 is 2.29 bits per heavy atom. The van der Waals surface area contributed by atoms with Gasteiger partial charge in [0.05, 0.1) is 0 Å². The van der Waals surface area contributed by atoms with Crippen molar-refractivity contribution in [3.8, 4) is 0 Å². The normalized spacial score (nSPS) is 12.9. The zero-order valence-corrected chi connectivity index (χ0v) is 3.91. The number of halogens is 2. The van der Waals surface area contributed by atoms with Gasteiger partial charge < -0.3 is 0 Å².